The Bertz CT molecular complexity index is 1370. The third-order valence-electron chi connectivity index (χ3n) is 5.72. The smallest absolute Gasteiger partial charge is 0.433 e. The fourth-order valence-corrected chi connectivity index (χ4v) is 3.96. The van der Waals surface area contributed by atoms with Crippen LogP contribution in [-0.2, 0) is 25.7 Å². The Morgan fingerprint density at radius 3 is 2.76 bits per heavy atom. The lowest BCUT2D eigenvalue weighted by Gasteiger charge is -2.26. The zero-order valence-corrected chi connectivity index (χ0v) is 17.6. The second-order valence-corrected chi connectivity index (χ2v) is 7.88. The summed E-state index contributed by atoms with van der Waals surface area (Å²) in [5.41, 5.74) is 2.11. The van der Waals surface area contributed by atoms with Gasteiger partial charge in [0.05, 0.1) is 17.8 Å². The van der Waals surface area contributed by atoms with E-state index in [0.29, 0.717) is 40.9 Å². The molecule has 0 spiro atoms. The minimum atomic E-state index is -4.52. The fraction of sp³-hybridized carbons (Fsp3) is 0.217. The highest BCUT2D eigenvalue weighted by molar-refractivity contribution is 6.06. The molecule has 0 bridgehead atoms. The van der Waals surface area contributed by atoms with Gasteiger partial charge < -0.3 is 14.6 Å². The molecule has 0 atom stereocenters. The SMILES string of the molecule is O=C(NCc1ccc(C(F)(F)F)nc1)c1n[nH]c2c1CCN(C(=O)c1coc3ccccc13)C2. The Morgan fingerprint density at radius 2 is 2.00 bits per heavy atom. The maximum absolute atomic E-state index is 13.0. The van der Waals surface area contributed by atoms with E-state index < -0.39 is 17.8 Å². The number of para-hydroxylation sites is 1. The van der Waals surface area contributed by atoms with Crippen molar-refractivity contribution in [2.75, 3.05) is 6.54 Å². The van der Waals surface area contributed by atoms with Crippen LogP contribution in [0.4, 0.5) is 13.2 Å². The molecule has 2 N–H and O–H groups in total. The molecule has 174 valence electrons. The van der Waals surface area contributed by atoms with Crippen LogP contribution < -0.4 is 5.32 Å². The molecule has 3 aromatic heterocycles. The fourth-order valence-electron chi connectivity index (χ4n) is 3.96. The van der Waals surface area contributed by atoms with E-state index in [1.807, 2.05) is 18.2 Å². The summed E-state index contributed by atoms with van der Waals surface area (Å²) in [5, 5.41) is 10.3. The highest BCUT2D eigenvalue weighted by Gasteiger charge is 2.32. The number of nitrogens with one attached hydrogen (secondary N) is 2. The van der Waals surface area contributed by atoms with E-state index in [2.05, 4.69) is 20.5 Å². The van der Waals surface area contributed by atoms with Gasteiger partial charge in [0.25, 0.3) is 11.8 Å². The Hall–Kier alpha value is -4.15. The van der Waals surface area contributed by atoms with Gasteiger partial charge in [-0.05, 0) is 24.1 Å². The first-order chi connectivity index (χ1) is 16.3. The number of nitrogens with zero attached hydrogens (tertiary/aromatic N) is 3. The first-order valence-electron chi connectivity index (χ1n) is 10.4. The van der Waals surface area contributed by atoms with E-state index in [1.165, 1.54) is 12.3 Å². The number of carbonyl (C=O) groups is 2. The van der Waals surface area contributed by atoms with Gasteiger partial charge in [-0.3, -0.25) is 19.7 Å². The van der Waals surface area contributed by atoms with Crippen molar-refractivity contribution in [2.24, 2.45) is 0 Å². The van der Waals surface area contributed by atoms with Gasteiger partial charge in [0, 0.05) is 30.2 Å². The second kappa shape index (κ2) is 8.32. The molecule has 5 rings (SSSR count). The van der Waals surface area contributed by atoms with Crippen LogP contribution in [0.3, 0.4) is 0 Å². The first kappa shape index (κ1) is 21.7. The molecule has 0 saturated carbocycles. The minimum Gasteiger partial charge on any atom is -0.463 e. The number of alkyl halides is 3. The van der Waals surface area contributed by atoms with E-state index >= 15 is 0 Å². The number of H-pyrrole nitrogens is 1. The number of rotatable bonds is 4. The van der Waals surface area contributed by atoms with Gasteiger partial charge in [-0.1, -0.05) is 24.3 Å². The van der Waals surface area contributed by atoms with Crippen molar-refractivity contribution >= 4 is 22.8 Å². The quantitative estimate of drug-likeness (QED) is 0.474. The van der Waals surface area contributed by atoms with Gasteiger partial charge in [0.15, 0.2) is 5.69 Å². The largest absolute Gasteiger partial charge is 0.463 e. The normalized spacial score (nSPS) is 13.7. The molecule has 0 unspecified atom stereocenters. The van der Waals surface area contributed by atoms with Gasteiger partial charge in [0.2, 0.25) is 0 Å². The van der Waals surface area contributed by atoms with Crippen molar-refractivity contribution in [3.63, 3.8) is 0 Å². The number of hydrogen-bond donors (Lipinski definition) is 2. The molecule has 1 aliphatic heterocycles. The molecule has 11 heteroatoms. The number of amides is 2. The summed E-state index contributed by atoms with van der Waals surface area (Å²) in [7, 11) is 0. The molecule has 1 aliphatic rings. The molecule has 8 nitrogen and oxygen atoms in total. The second-order valence-electron chi connectivity index (χ2n) is 7.88. The van der Waals surface area contributed by atoms with E-state index in [-0.39, 0.29) is 24.7 Å². The van der Waals surface area contributed by atoms with Gasteiger partial charge in [0.1, 0.15) is 17.5 Å². The summed E-state index contributed by atoms with van der Waals surface area (Å²) in [6.07, 6.45) is -1.57. The molecule has 4 aromatic rings. The average Bonchev–Trinajstić information content (AvgIpc) is 3.46. The Morgan fingerprint density at radius 1 is 1.18 bits per heavy atom. The summed E-state index contributed by atoms with van der Waals surface area (Å²) < 4.78 is 43.4. The highest BCUT2D eigenvalue weighted by atomic mass is 19.4. The zero-order chi connectivity index (χ0) is 23.9. The number of hydrogen-bond acceptors (Lipinski definition) is 5. The standard InChI is InChI=1S/C23H18F3N5O3/c24-23(25,26)19-6-5-13(9-27-19)10-28-21(32)20-15-7-8-31(11-17(15)29-30-20)22(33)16-12-34-18-4-2-1-3-14(16)18/h1-6,9,12H,7-8,10-11H2,(H,28,32)(H,29,30). The van der Waals surface area contributed by atoms with Crippen LogP contribution in [0.2, 0.25) is 0 Å². The molecule has 34 heavy (non-hydrogen) atoms. The van der Waals surface area contributed by atoms with Crippen molar-refractivity contribution in [2.45, 2.75) is 25.7 Å². The Labute approximate surface area is 190 Å². The van der Waals surface area contributed by atoms with Crippen molar-refractivity contribution in [3.05, 3.63) is 82.6 Å². The van der Waals surface area contributed by atoms with Crippen molar-refractivity contribution < 1.29 is 27.2 Å². The molecular formula is C23H18F3N5O3. The summed E-state index contributed by atoms with van der Waals surface area (Å²) in [6.45, 7) is 0.661. The van der Waals surface area contributed by atoms with E-state index in [4.69, 9.17) is 4.42 Å². The van der Waals surface area contributed by atoms with Crippen molar-refractivity contribution in [1.82, 2.24) is 25.4 Å². The third-order valence-corrected chi connectivity index (χ3v) is 5.72. The van der Waals surface area contributed by atoms with Crippen LogP contribution in [0.25, 0.3) is 11.0 Å². The maximum atomic E-state index is 13.0. The Balaban J connectivity index is 1.25. The number of halogens is 3. The lowest BCUT2D eigenvalue weighted by molar-refractivity contribution is -0.141. The lowest BCUT2D eigenvalue weighted by Crippen LogP contribution is -2.36. The van der Waals surface area contributed by atoms with Gasteiger partial charge in [-0.15, -0.1) is 0 Å². The number of pyridine rings is 1. The molecule has 0 saturated heterocycles. The molecule has 0 aliphatic carbocycles. The highest BCUT2D eigenvalue weighted by Crippen LogP contribution is 2.28. The van der Waals surface area contributed by atoms with Crippen LogP contribution in [0.15, 0.2) is 53.3 Å². The predicted molar refractivity (Wildman–Crippen MR) is 114 cm³/mol. The molecule has 0 radical (unpaired) electrons. The van der Waals surface area contributed by atoms with Crippen molar-refractivity contribution in [3.8, 4) is 0 Å². The molecule has 0 fully saturated rings. The molecular weight excluding hydrogens is 451 g/mol. The van der Waals surface area contributed by atoms with Crippen LogP contribution in [-0.4, -0.2) is 38.4 Å². The molecule has 4 heterocycles. The Kier molecular flexibility index (Phi) is 5.31. The van der Waals surface area contributed by atoms with Crippen LogP contribution in [0, 0.1) is 0 Å². The first-order valence-corrected chi connectivity index (χ1v) is 10.4. The van der Waals surface area contributed by atoms with Gasteiger partial charge >= 0.3 is 6.18 Å². The van der Waals surface area contributed by atoms with Crippen molar-refractivity contribution in [1.29, 1.82) is 0 Å². The number of carbonyl (C=O) groups excluding carboxylic acids is 2. The number of aromatic amines is 1. The summed E-state index contributed by atoms with van der Waals surface area (Å²) >= 11 is 0. The van der Waals surface area contributed by atoms with Gasteiger partial charge in [-0.25, -0.2) is 0 Å². The summed E-state index contributed by atoms with van der Waals surface area (Å²) in [4.78, 5) is 30.7. The topological polar surface area (TPSA) is 104 Å². The van der Waals surface area contributed by atoms with E-state index in [9.17, 15) is 22.8 Å². The number of aromatic nitrogens is 3. The van der Waals surface area contributed by atoms with E-state index in [0.717, 1.165) is 17.6 Å². The number of fused-ring (bicyclic) bond motifs is 2. The molecule has 1 aromatic carbocycles. The number of benzene rings is 1. The summed E-state index contributed by atoms with van der Waals surface area (Å²) in [5.74, 6) is -0.635. The van der Waals surface area contributed by atoms with Gasteiger partial charge in [-0.2, -0.15) is 18.3 Å². The van der Waals surface area contributed by atoms with Crippen LogP contribution in [0.1, 0.15) is 43.4 Å². The predicted octanol–water partition coefficient (Wildman–Crippen LogP) is 3.70. The minimum absolute atomic E-state index is 0.00375. The maximum Gasteiger partial charge on any atom is 0.433 e. The van der Waals surface area contributed by atoms with E-state index in [1.54, 1.807) is 11.0 Å². The van der Waals surface area contributed by atoms with Crippen LogP contribution >= 0.6 is 0 Å². The summed E-state index contributed by atoms with van der Waals surface area (Å²) in [6, 6.07) is 9.42. The number of furan rings is 1. The molecule has 2 amide bonds. The third kappa shape index (κ3) is 4.00. The monoisotopic (exact) mass is 469 g/mol. The lowest BCUT2D eigenvalue weighted by atomic mass is 10.0. The van der Waals surface area contributed by atoms with Crippen LogP contribution in [0.5, 0.6) is 0 Å². The zero-order valence-electron chi connectivity index (χ0n) is 17.6. The average molecular weight is 469 g/mol.